The maximum Gasteiger partial charge on any atom is 0.225 e. The molecule has 1 aliphatic carbocycles. The number of rotatable bonds is 6. The molecule has 1 aromatic carbocycles. The first kappa shape index (κ1) is 24.1. The molecular weight excluding hydrogens is 522 g/mol. The molecule has 0 bridgehead atoms. The number of hydrogen-bond donors (Lipinski definition) is 3. The minimum absolute atomic E-state index is 0.0591. The summed E-state index contributed by atoms with van der Waals surface area (Å²) in [6.07, 6.45) is 6.31. The lowest BCUT2D eigenvalue weighted by molar-refractivity contribution is -0.129. The van der Waals surface area contributed by atoms with Crippen LogP contribution in [0, 0.1) is 16.7 Å². The van der Waals surface area contributed by atoms with Crippen molar-refractivity contribution < 1.29 is 4.79 Å². The van der Waals surface area contributed by atoms with Crippen molar-refractivity contribution in [2.24, 2.45) is 11.1 Å². The SMILES string of the molecule is CNC(=O)[C@]1(C)CC[C@@H](Nc2ncc3c(Br)nn(-c4cc(CCN)c5ncc(C#N)cc5c4)c3n2)C1. The number of carbonyl (C=O) groups excluding carboxylic acids is 1. The molecule has 1 amide bonds. The second-order valence-corrected chi connectivity index (χ2v) is 10.2. The number of amides is 1. The molecule has 0 aliphatic heterocycles. The van der Waals surface area contributed by atoms with Crippen molar-refractivity contribution in [3.63, 3.8) is 0 Å². The average molecular weight is 548 g/mol. The van der Waals surface area contributed by atoms with Gasteiger partial charge >= 0.3 is 0 Å². The van der Waals surface area contributed by atoms with Gasteiger partial charge in [-0.1, -0.05) is 6.92 Å². The number of benzene rings is 1. The number of nitrogens with two attached hydrogens (primary N) is 1. The monoisotopic (exact) mass is 547 g/mol. The number of anilines is 1. The molecule has 0 radical (unpaired) electrons. The van der Waals surface area contributed by atoms with Crippen molar-refractivity contribution in [1.29, 1.82) is 5.26 Å². The van der Waals surface area contributed by atoms with E-state index in [1.54, 1.807) is 24.1 Å². The molecule has 36 heavy (non-hydrogen) atoms. The zero-order valence-electron chi connectivity index (χ0n) is 20.0. The summed E-state index contributed by atoms with van der Waals surface area (Å²) in [4.78, 5) is 26.1. The lowest BCUT2D eigenvalue weighted by atomic mass is 9.87. The first-order valence-corrected chi connectivity index (χ1v) is 12.6. The third-order valence-corrected chi connectivity index (χ3v) is 7.45. The smallest absolute Gasteiger partial charge is 0.225 e. The summed E-state index contributed by atoms with van der Waals surface area (Å²) in [5, 5.41) is 21.8. The quantitative estimate of drug-likeness (QED) is 0.333. The number of pyridine rings is 1. The van der Waals surface area contributed by atoms with Crippen molar-refractivity contribution in [3.05, 3.63) is 46.3 Å². The van der Waals surface area contributed by atoms with Crippen LogP contribution in [0.1, 0.15) is 37.3 Å². The van der Waals surface area contributed by atoms with Crippen LogP contribution in [0.4, 0.5) is 5.95 Å². The highest BCUT2D eigenvalue weighted by molar-refractivity contribution is 9.10. The lowest BCUT2D eigenvalue weighted by Gasteiger charge is -2.22. The average Bonchev–Trinajstić information content (AvgIpc) is 3.43. The van der Waals surface area contributed by atoms with Crippen LogP contribution in [-0.4, -0.2) is 50.3 Å². The predicted molar refractivity (Wildman–Crippen MR) is 141 cm³/mol. The molecule has 4 aromatic rings. The van der Waals surface area contributed by atoms with Gasteiger partial charge in [-0.25, -0.2) is 9.67 Å². The zero-order valence-corrected chi connectivity index (χ0v) is 21.6. The molecule has 5 rings (SSSR count). The van der Waals surface area contributed by atoms with Crippen LogP contribution in [0.3, 0.4) is 0 Å². The summed E-state index contributed by atoms with van der Waals surface area (Å²) in [6, 6.07) is 8.02. The lowest BCUT2D eigenvalue weighted by Crippen LogP contribution is -2.35. The number of nitriles is 1. The second kappa shape index (κ2) is 9.44. The Hall–Kier alpha value is -3.62. The number of nitrogens with one attached hydrogen (secondary N) is 2. The maximum atomic E-state index is 12.3. The van der Waals surface area contributed by atoms with Crippen LogP contribution in [0.15, 0.2) is 35.2 Å². The topological polar surface area (TPSA) is 147 Å². The van der Waals surface area contributed by atoms with Crippen LogP contribution in [0.2, 0.25) is 0 Å². The molecule has 1 fully saturated rings. The maximum absolute atomic E-state index is 12.3. The van der Waals surface area contributed by atoms with Gasteiger partial charge in [0, 0.05) is 36.3 Å². The van der Waals surface area contributed by atoms with Gasteiger partial charge in [0.05, 0.1) is 22.2 Å². The molecule has 4 N–H and O–H groups in total. The number of fused-ring (bicyclic) bond motifs is 2. The van der Waals surface area contributed by atoms with Gasteiger partial charge in [-0.2, -0.15) is 15.3 Å². The van der Waals surface area contributed by atoms with Gasteiger partial charge in [-0.15, -0.1) is 0 Å². The third-order valence-electron chi connectivity index (χ3n) is 6.86. The van der Waals surface area contributed by atoms with Crippen molar-refractivity contribution in [2.45, 2.75) is 38.6 Å². The molecular formula is C25H26BrN9O. The normalized spacial score (nSPS) is 19.5. The van der Waals surface area contributed by atoms with E-state index < -0.39 is 5.41 Å². The highest BCUT2D eigenvalue weighted by Crippen LogP contribution is 2.39. The standard InChI is InChI=1S/C25H26BrN9O/c1-25(23(36)29-2)5-3-17(10-25)32-24-31-13-19-21(26)34-35(22(19)33-24)18-8-15(4-6-27)20-16(9-18)7-14(11-28)12-30-20/h7-9,12-13,17H,3-6,10,27H2,1-2H3,(H,29,36)(H,31,32,33)/t17-,25-/m1/s1. The summed E-state index contributed by atoms with van der Waals surface area (Å²) in [5.41, 5.74) is 9.17. The van der Waals surface area contributed by atoms with Crippen molar-refractivity contribution in [2.75, 3.05) is 18.9 Å². The van der Waals surface area contributed by atoms with E-state index >= 15 is 0 Å². The minimum atomic E-state index is -0.401. The van der Waals surface area contributed by atoms with E-state index in [-0.39, 0.29) is 11.9 Å². The Morgan fingerprint density at radius 3 is 2.92 bits per heavy atom. The molecule has 2 atom stereocenters. The molecule has 3 heterocycles. The van der Waals surface area contributed by atoms with E-state index in [9.17, 15) is 10.1 Å². The Labute approximate surface area is 216 Å². The van der Waals surface area contributed by atoms with Crippen LogP contribution in [-0.2, 0) is 11.2 Å². The van der Waals surface area contributed by atoms with Crippen molar-refractivity contribution in [1.82, 2.24) is 30.0 Å². The van der Waals surface area contributed by atoms with E-state index in [1.807, 2.05) is 25.1 Å². The highest BCUT2D eigenvalue weighted by atomic mass is 79.9. The molecule has 1 aliphatic rings. The summed E-state index contributed by atoms with van der Waals surface area (Å²) in [5.74, 6) is 0.544. The van der Waals surface area contributed by atoms with Crippen LogP contribution >= 0.6 is 15.9 Å². The predicted octanol–water partition coefficient (Wildman–Crippen LogP) is 3.22. The van der Waals surface area contributed by atoms with Gasteiger partial charge in [0.15, 0.2) is 5.65 Å². The summed E-state index contributed by atoms with van der Waals surface area (Å²) in [6.45, 7) is 2.46. The van der Waals surface area contributed by atoms with E-state index in [0.29, 0.717) is 41.1 Å². The summed E-state index contributed by atoms with van der Waals surface area (Å²) < 4.78 is 2.38. The first-order valence-electron chi connectivity index (χ1n) is 11.8. The van der Waals surface area contributed by atoms with Gasteiger partial charge in [0.25, 0.3) is 0 Å². The summed E-state index contributed by atoms with van der Waals surface area (Å²) in [7, 11) is 1.67. The van der Waals surface area contributed by atoms with E-state index in [4.69, 9.17) is 10.7 Å². The van der Waals surface area contributed by atoms with Gasteiger partial charge in [0.2, 0.25) is 11.9 Å². The van der Waals surface area contributed by atoms with Crippen molar-refractivity contribution >= 4 is 49.7 Å². The van der Waals surface area contributed by atoms with E-state index in [2.05, 4.69) is 47.7 Å². The van der Waals surface area contributed by atoms with Crippen molar-refractivity contribution in [3.8, 4) is 11.8 Å². The summed E-state index contributed by atoms with van der Waals surface area (Å²) >= 11 is 3.54. The Bertz CT molecular complexity index is 1530. The number of carbonyl (C=O) groups is 1. The van der Waals surface area contributed by atoms with E-state index in [0.717, 1.165) is 40.4 Å². The number of nitrogens with zero attached hydrogens (tertiary/aromatic N) is 6. The number of hydrogen-bond acceptors (Lipinski definition) is 8. The fraction of sp³-hybridized carbons (Fsp3) is 0.360. The Morgan fingerprint density at radius 2 is 2.17 bits per heavy atom. The van der Waals surface area contributed by atoms with Gasteiger partial charge in [-0.3, -0.25) is 9.78 Å². The minimum Gasteiger partial charge on any atom is -0.359 e. The zero-order chi connectivity index (χ0) is 25.4. The number of aromatic nitrogens is 5. The molecule has 11 heteroatoms. The van der Waals surface area contributed by atoms with Gasteiger partial charge in [0.1, 0.15) is 10.7 Å². The number of halogens is 1. The van der Waals surface area contributed by atoms with Gasteiger partial charge < -0.3 is 16.4 Å². The van der Waals surface area contributed by atoms with E-state index in [1.165, 1.54) is 0 Å². The largest absolute Gasteiger partial charge is 0.359 e. The molecule has 10 nitrogen and oxygen atoms in total. The second-order valence-electron chi connectivity index (χ2n) is 9.41. The third kappa shape index (κ3) is 4.27. The molecule has 3 aromatic heterocycles. The first-order chi connectivity index (χ1) is 17.3. The molecule has 184 valence electrons. The molecule has 0 unspecified atom stereocenters. The van der Waals surface area contributed by atoms with Crippen LogP contribution in [0.25, 0.3) is 27.6 Å². The molecule has 1 saturated carbocycles. The Balaban J connectivity index is 1.54. The molecule has 0 spiro atoms. The van der Waals surface area contributed by atoms with Gasteiger partial charge in [-0.05, 0) is 71.9 Å². The highest BCUT2D eigenvalue weighted by Gasteiger charge is 2.41. The Kier molecular flexibility index (Phi) is 6.32. The fourth-order valence-corrected chi connectivity index (χ4v) is 5.45. The van der Waals surface area contributed by atoms with Crippen LogP contribution in [0.5, 0.6) is 0 Å². The Morgan fingerprint density at radius 1 is 1.33 bits per heavy atom. The van der Waals surface area contributed by atoms with Crippen LogP contribution < -0.4 is 16.4 Å². The molecule has 0 saturated heterocycles. The fourth-order valence-electron chi connectivity index (χ4n) is 5.01.